The van der Waals surface area contributed by atoms with Gasteiger partial charge in [-0.25, -0.2) is 0 Å². The lowest BCUT2D eigenvalue weighted by molar-refractivity contribution is 0.262. The summed E-state index contributed by atoms with van der Waals surface area (Å²) in [6.07, 6.45) is 6.47. The first-order valence-electron chi connectivity index (χ1n) is 9.28. The highest BCUT2D eigenvalue weighted by molar-refractivity contribution is 6.30. The van der Waals surface area contributed by atoms with E-state index in [0.29, 0.717) is 5.92 Å². The van der Waals surface area contributed by atoms with Gasteiger partial charge < -0.3 is 4.90 Å². The zero-order valence-electron chi connectivity index (χ0n) is 14.6. The number of benzene rings is 2. The Bertz CT molecular complexity index is 625. The molecule has 2 aromatic carbocycles. The summed E-state index contributed by atoms with van der Waals surface area (Å²) in [5.74, 6) is 0.445. The van der Waals surface area contributed by atoms with Crippen LogP contribution in [0.3, 0.4) is 0 Å². The van der Waals surface area contributed by atoms with Crippen LogP contribution in [-0.2, 0) is 0 Å². The van der Waals surface area contributed by atoms with E-state index in [2.05, 4.69) is 60.4 Å². The first-order valence-corrected chi connectivity index (χ1v) is 9.66. The molecule has 128 valence electrons. The van der Waals surface area contributed by atoms with E-state index in [1.165, 1.54) is 56.3 Å². The normalized spacial score (nSPS) is 19.5. The van der Waals surface area contributed by atoms with Crippen LogP contribution < -0.4 is 0 Å². The fraction of sp³-hybridized carbons (Fsp3) is 0.455. The van der Waals surface area contributed by atoms with E-state index in [1.807, 2.05) is 6.07 Å². The largest absolute Gasteiger partial charge is 0.301 e. The number of rotatable bonds is 7. The maximum Gasteiger partial charge on any atom is 0.0408 e. The summed E-state index contributed by atoms with van der Waals surface area (Å²) in [6, 6.07) is 20.0. The Morgan fingerprint density at radius 2 is 1.83 bits per heavy atom. The van der Waals surface area contributed by atoms with Gasteiger partial charge in [-0.15, -0.1) is 0 Å². The summed E-state index contributed by atoms with van der Waals surface area (Å²) in [5, 5.41) is 0.833. The van der Waals surface area contributed by atoms with Crippen LogP contribution >= 0.6 is 11.6 Å². The van der Waals surface area contributed by atoms with Crippen molar-refractivity contribution < 1.29 is 0 Å². The molecule has 2 heteroatoms. The van der Waals surface area contributed by atoms with Gasteiger partial charge in [-0.3, -0.25) is 0 Å². The van der Waals surface area contributed by atoms with Crippen LogP contribution in [0.25, 0.3) is 0 Å². The lowest BCUT2D eigenvalue weighted by Gasteiger charge is -2.22. The van der Waals surface area contributed by atoms with Gasteiger partial charge in [0.15, 0.2) is 0 Å². The lowest BCUT2D eigenvalue weighted by Crippen LogP contribution is -2.27. The van der Waals surface area contributed by atoms with E-state index >= 15 is 0 Å². The zero-order chi connectivity index (χ0) is 16.8. The third-order valence-corrected chi connectivity index (χ3v) is 5.57. The summed E-state index contributed by atoms with van der Waals surface area (Å²) in [7, 11) is 0. The van der Waals surface area contributed by atoms with E-state index in [1.54, 1.807) is 0 Å². The van der Waals surface area contributed by atoms with Crippen molar-refractivity contribution in [1.82, 2.24) is 4.90 Å². The van der Waals surface area contributed by atoms with Crippen molar-refractivity contribution in [1.29, 1.82) is 0 Å². The molecular formula is C22H28ClN. The number of hydrogen-bond acceptors (Lipinski definition) is 1. The molecule has 2 atom stereocenters. The predicted molar refractivity (Wildman–Crippen MR) is 104 cm³/mol. The third-order valence-electron chi connectivity index (χ3n) is 5.33. The second kappa shape index (κ2) is 8.69. The van der Waals surface area contributed by atoms with Crippen molar-refractivity contribution in [2.45, 2.75) is 51.0 Å². The topological polar surface area (TPSA) is 3.24 Å². The zero-order valence-corrected chi connectivity index (χ0v) is 15.4. The highest BCUT2D eigenvalue weighted by Crippen LogP contribution is 2.31. The minimum absolute atomic E-state index is 0.445. The first-order chi connectivity index (χ1) is 11.7. The summed E-state index contributed by atoms with van der Waals surface area (Å²) in [4.78, 5) is 2.65. The molecule has 1 fully saturated rings. The minimum Gasteiger partial charge on any atom is -0.301 e. The van der Waals surface area contributed by atoms with E-state index in [9.17, 15) is 0 Å². The van der Waals surface area contributed by atoms with Crippen LogP contribution in [0.1, 0.15) is 56.1 Å². The van der Waals surface area contributed by atoms with Crippen molar-refractivity contribution in [2.24, 2.45) is 0 Å². The Labute approximate surface area is 151 Å². The predicted octanol–water partition coefficient (Wildman–Crippen LogP) is 6.13. The Morgan fingerprint density at radius 1 is 1.04 bits per heavy atom. The van der Waals surface area contributed by atoms with Crippen LogP contribution in [0, 0.1) is 0 Å². The standard InChI is InChI=1S/C22H28ClN/c1-18-9-8-16-24(18)15-6-5-14-22(19-10-3-2-4-11-19)20-12-7-13-21(23)17-20/h2-4,7,10-13,17-18,22H,5-6,8-9,14-16H2,1H3. The van der Waals surface area contributed by atoms with Gasteiger partial charge in [0.2, 0.25) is 0 Å². The third kappa shape index (κ3) is 4.62. The molecule has 1 aliphatic heterocycles. The average molecular weight is 342 g/mol. The van der Waals surface area contributed by atoms with Crippen LogP contribution in [-0.4, -0.2) is 24.0 Å². The smallest absolute Gasteiger partial charge is 0.0408 e. The molecule has 24 heavy (non-hydrogen) atoms. The molecule has 1 heterocycles. The molecule has 0 aromatic heterocycles. The second-order valence-corrected chi connectivity index (χ2v) is 7.48. The van der Waals surface area contributed by atoms with Crippen molar-refractivity contribution in [3.05, 3.63) is 70.7 Å². The fourth-order valence-electron chi connectivity index (χ4n) is 3.92. The fourth-order valence-corrected chi connectivity index (χ4v) is 4.12. The molecule has 1 saturated heterocycles. The molecule has 1 aliphatic rings. The molecule has 2 aromatic rings. The average Bonchev–Trinajstić information content (AvgIpc) is 3.01. The van der Waals surface area contributed by atoms with Gasteiger partial charge in [-0.05, 0) is 69.0 Å². The summed E-state index contributed by atoms with van der Waals surface area (Å²) in [6.45, 7) is 4.90. The van der Waals surface area contributed by atoms with Crippen molar-refractivity contribution in [2.75, 3.05) is 13.1 Å². The monoisotopic (exact) mass is 341 g/mol. The lowest BCUT2D eigenvalue weighted by atomic mass is 9.87. The summed E-state index contributed by atoms with van der Waals surface area (Å²) >= 11 is 6.23. The van der Waals surface area contributed by atoms with E-state index in [0.717, 1.165) is 11.1 Å². The van der Waals surface area contributed by atoms with Crippen LogP contribution in [0.2, 0.25) is 5.02 Å². The maximum absolute atomic E-state index is 6.23. The molecule has 3 rings (SSSR count). The summed E-state index contributed by atoms with van der Waals surface area (Å²) in [5.41, 5.74) is 2.73. The van der Waals surface area contributed by atoms with Gasteiger partial charge >= 0.3 is 0 Å². The molecular weight excluding hydrogens is 314 g/mol. The van der Waals surface area contributed by atoms with E-state index in [4.69, 9.17) is 11.6 Å². The van der Waals surface area contributed by atoms with Crippen LogP contribution in [0.15, 0.2) is 54.6 Å². The molecule has 0 amide bonds. The number of unbranched alkanes of at least 4 members (excludes halogenated alkanes) is 1. The first kappa shape index (κ1) is 17.5. The minimum atomic E-state index is 0.445. The van der Waals surface area contributed by atoms with Crippen molar-refractivity contribution in [3.63, 3.8) is 0 Å². The quantitative estimate of drug-likeness (QED) is 0.548. The molecule has 0 radical (unpaired) electrons. The van der Waals surface area contributed by atoms with Gasteiger partial charge in [0.1, 0.15) is 0 Å². The Kier molecular flexibility index (Phi) is 6.34. The van der Waals surface area contributed by atoms with Gasteiger partial charge in [0.25, 0.3) is 0 Å². The Balaban J connectivity index is 1.62. The van der Waals surface area contributed by atoms with Crippen LogP contribution in [0.5, 0.6) is 0 Å². The highest BCUT2D eigenvalue weighted by atomic mass is 35.5. The SMILES string of the molecule is CC1CCCN1CCCCC(c1ccccc1)c1cccc(Cl)c1. The Hall–Kier alpha value is -1.31. The van der Waals surface area contributed by atoms with Crippen molar-refractivity contribution in [3.8, 4) is 0 Å². The van der Waals surface area contributed by atoms with Crippen LogP contribution in [0.4, 0.5) is 0 Å². The maximum atomic E-state index is 6.23. The number of hydrogen-bond donors (Lipinski definition) is 0. The molecule has 0 aliphatic carbocycles. The number of nitrogens with zero attached hydrogens (tertiary/aromatic N) is 1. The molecule has 0 spiro atoms. The molecule has 0 bridgehead atoms. The summed E-state index contributed by atoms with van der Waals surface area (Å²) < 4.78 is 0. The van der Waals surface area contributed by atoms with E-state index < -0.39 is 0 Å². The highest BCUT2D eigenvalue weighted by Gasteiger charge is 2.20. The number of likely N-dealkylation sites (tertiary alicyclic amines) is 1. The van der Waals surface area contributed by atoms with E-state index in [-0.39, 0.29) is 0 Å². The second-order valence-electron chi connectivity index (χ2n) is 7.04. The van der Waals surface area contributed by atoms with Gasteiger partial charge in [0, 0.05) is 17.0 Å². The van der Waals surface area contributed by atoms with Gasteiger partial charge in [-0.2, -0.15) is 0 Å². The molecule has 1 nitrogen and oxygen atoms in total. The van der Waals surface area contributed by atoms with Gasteiger partial charge in [0.05, 0.1) is 0 Å². The Morgan fingerprint density at radius 3 is 2.54 bits per heavy atom. The number of halogens is 1. The van der Waals surface area contributed by atoms with Gasteiger partial charge in [-0.1, -0.05) is 60.5 Å². The molecule has 2 unspecified atom stereocenters. The van der Waals surface area contributed by atoms with Crippen molar-refractivity contribution >= 4 is 11.6 Å². The molecule has 0 N–H and O–H groups in total. The molecule has 0 saturated carbocycles.